The van der Waals surface area contributed by atoms with Crippen LogP contribution in [-0.4, -0.2) is 110 Å². The Morgan fingerprint density at radius 3 is 2.55 bits per heavy atom. The molecule has 2 saturated heterocycles. The summed E-state index contributed by atoms with van der Waals surface area (Å²) in [6.07, 6.45) is 5.77. The first kappa shape index (κ1) is 32.0. The number of likely N-dealkylation sites (tertiary alicyclic amines) is 1. The lowest BCUT2D eigenvalue weighted by Crippen LogP contribution is -2.54. The van der Waals surface area contributed by atoms with Gasteiger partial charge in [0, 0.05) is 55.5 Å². The highest BCUT2D eigenvalue weighted by atomic mass is 35.5. The number of pyridine rings is 1. The maximum Gasteiger partial charge on any atom is 0.260 e. The number of aromatic nitrogens is 3. The standard InChI is InChI=1S/C30H36Cl2N6O6/c1-36(2)8-5-6-24(39)37-15-20(16-37)44-11-9-38-28-18(14-33-30(35-28)34-19-7-10-43-17-19)12-21(29(38)40)25-26(31)22(41-3)13-23(42-4)27(25)32/h5-6,12-14,19-20H,7-11,15-17H2,1-4H3,(H,33,34,35). The Labute approximate surface area is 265 Å². The molecule has 5 rings (SSSR count). The van der Waals surface area contributed by atoms with E-state index in [-0.39, 0.29) is 57.9 Å². The number of benzene rings is 1. The molecule has 1 N–H and O–H groups in total. The molecule has 0 radical (unpaired) electrons. The molecule has 0 bridgehead atoms. The largest absolute Gasteiger partial charge is 0.495 e. The average Bonchev–Trinajstić information content (AvgIpc) is 3.48. The van der Waals surface area contributed by atoms with Gasteiger partial charge in [0.1, 0.15) is 17.1 Å². The zero-order valence-corrected chi connectivity index (χ0v) is 26.7. The number of hydrogen-bond donors (Lipinski definition) is 1. The Hall–Kier alpha value is -3.42. The van der Waals surface area contributed by atoms with Crippen molar-refractivity contribution in [1.82, 2.24) is 24.3 Å². The molecule has 1 atom stereocenters. The minimum absolute atomic E-state index is 0.0477. The fourth-order valence-electron chi connectivity index (χ4n) is 5.07. The number of carbonyl (C=O) groups excluding carboxylic acids is 1. The van der Waals surface area contributed by atoms with E-state index in [1.54, 1.807) is 29.3 Å². The van der Waals surface area contributed by atoms with Crippen LogP contribution in [0.25, 0.3) is 22.2 Å². The van der Waals surface area contributed by atoms with Crippen molar-refractivity contribution in [3.05, 3.63) is 50.9 Å². The van der Waals surface area contributed by atoms with Crippen molar-refractivity contribution < 1.29 is 23.7 Å². The van der Waals surface area contributed by atoms with Gasteiger partial charge >= 0.3 is 0 Å². The summed E-state index contributed by atoms with van der Waals surface area (Å²) in [4.78, 5) is 39.4. The van der Waals surface area contributed by atoms with Gasteiger partial charge in [0.25, 0.3) is 5.56 Å². The normalized spacial score (nSPS) is 17.1. The second-order valence-electron chi connectivity index (χ2n) is 10.9. The van der Waals surface area contributed by atoms with Crippen LogP contribution in [0.4, 0.5) is 5.95 Å². The number of anilines is 1. The number of rotatable bonds is 12. The van der Waals surface area contributed by atoms with Crippen molar-refractivity contribution in [3.8, 4) is 22.6 Å². The quantitative estimate of drug-likeness (QED) is 0.293. The van der Waals surface area contributed by atoms with Crippen LogP contribution in [0.5, 0.6) is 11.5 Å². The summed E-state index contributed by atoms with van der Waals surface area (Å²) in [5.41, 5.74) is 0.581. The van der Waals surface area contributed by atoms with E-state index in [2.05, 4.69) is 10.3 Å². The monoisotopic (exact) mass is 646 g/mol. The molecule has 0 saturated carbocycles. The van der Waals surface area contributed by atoms with Gasteiger partial charge in [0.15, 0.2) is 0 Å². The highest BCUT2D eigenvalue weighted by Crippen LogP contribution is 2.45. The number of nitrogens with one attached hydrogen (secondary N) is 1. The number of methoxy groups -OCH3 is 2. The molecule has 1 unspecified atom stereocenters. The van der Waals surface area contributed by atoms with Gasteiger partial charge in [-0.15, -0.1) is 0 Å². The summed E-state index contributed by atoms with van der Waals surface area (Å²) in [7, 11) is 6.83. The molecular formula is C30H36Cl2N6O6. The Morgan fingerprint density at radius 2 is 1.91 bits per heavy atom. The predicted molar refractivity (Wildman–Crippen MR) is 169 cm³/mol. The number of halogens is 2. The lowest BCUT2D eigenvalue weighted by Gasteiger charge is -2.38. The van der Waals surface area contributed by atoms with E-state index >= 15 is 0 Å². The molecule has 2 aromatic heterocycles. The fourth-order valence-corrected chi connectivity index (χ4v) is 5.78. The molecule has 1 aromatic carbocycles. The Morgan fingerprint density at radius 1 is 1.18 bits per heavy atom. The highest BCUT2D eigenvalue weighted by molar-refractivity contribution is 6.41. The number of ether oxygens (including phenoxy) is 4. The van der Waals surface area contributed by atoms with E-state index in [9.17, 15) is 9.59 Å². The van der Waals surface area contributed by atoms with Crippen LogP contribution in [0.1, 0.15) is 6.42 Å². The van der Waals surface area contributed by atoms with Crippen LogP contribution >= 0.6 is 23.2 Å². The molecule has 4 heterocycles. The summed E-state index contributed by atoms with van der Waals surface area (Å²) >= 11 is 13.4. The average molecular weight is 648 g/mol. The van der Waals surface area contributed by atoms with Gasteiger partial charge in [-0.3, -0.25) is 14.2 Å². The number of nitrogens with zero attached hydrogens (tertiary/aromatic N) is 5. The molecule has 2 aliphatic rings. The number of fused-ring (bicyclic) bond motifs is 1. The molecule has 236 valence electrons. The van der Waals surface area contributed by atoms with Crippen molar-refractivity contribution in [2.45, 2.75) is 25.1 Å². The summed E-state index contributed by atoms with van der Waals surface area (Å²) in [6.45, 7) is 3.28. The van der Waals surface area contributed by atoms with Crippen LogP contribution in [0.3, 0.4) is 0 Å². The highest BCUT2D eigenvalue weighted by Gasteiger charge is 2.30. The van der Waals surface area contributed by atoms with Crippen LogP contribution < -0.4 is 20.3 Å². The third kappa shape index (κ3) is 6.94. The number of hydrogen-bond acceptors (Lipinski definition) is 10. The second kappa shape index (κ2) is 14.1. The molecule has 0 spiro atoms. The first-order valence-corrected chi connectivity index (χ1v) is 15.0. The molecule has 2 fully saturated rings. The Balaban J connectivity index is 1.43. The zero-order valence-electron chi connectivity index (χ0n) is 25.1. The van der Waals surface area contributed by atoms with Crippen molar-refractivity contribution in [1.29, 1.82) is 0 Å². The Bertz CT molecular complexity index is 1570. The molecule has 2 aliphatic heterocycles. The van der Waals surface area contributed by atoms with Gasteiger partial charge in [-0.25, -0.2) is 4.98 Å². The van der Waals surface area contributed by atoms with E-state index < -0.39 is 0 Å². The lowest BCUT2D eigenvalue weighted by atomic mass is 10.0. The van der Waals surface area contributed by atoms with Crippen molar-refractivity contribution >= 4 is 46.1 Å². The van der Waals surface area contributed by atoms with Gasteiger partial charge in [-0.1, -0.05) is 29.3 Å². The van der Waals surface area contributed by atoms with Gasteiger partial charge in [0.05, 0.1) is 61.7 Å². The third-order valence-corrected chi connectivity index (χ3v) is 8.24. The minimum Gasteiger partial charge on any atom is -0.495 e. The topological polar surface area (TPSA) is 120 Å². The van der Waals surface area contributed by atoms with Gasteiger partial charge in [-0.2, -0.15) is 4.98 Å². The molecule has 0 aliphatic carbocycles. The molecule has 44 heavy (non-hydrogen) atoms. The van der Waals surface area contributed by atoms with Crippen LogP contribution in [0.15, 0.2) is 35.3 Å². The zero-order chi connectivity index (χ0) is 31.4. The molecule has 12 nitrogen and oxygen atoms in total. The summed E-state index contributed by atoms with van der Waals surface area (Å²) in [5, 5.41) is 4.25. The maximum absolute atomic E-state index is 14.1. The second-order valence-corrected chi connectivity index (χ2v) is 11.6. The van der Waals surface area contributed by atoms with E-state index in [0.717, 1.165) is 6.42 Å². The summed E-state index contributed by atoms with van der Waals surface area (Å²) in [5.74, 6) is 0.970. The summed E-state index contributed by atoms with van der Waals surface area (Å²) < 4.78 is 23.9. The number of carbonyl (C=O) groups is 1. The van der Waals surface area contributed by atoms with E-state index in [1.165, 1.54) is 18.8 Å². The van der Waals surface area contributed by atoms with E-state index in [4.69, 9.17) is 47.1 Å². The van der Waals surface area contributed by atoms with Crippen LogP contribution in [-0.2, 0) is 20.8 Å². The van der Waals surface area contributed by atoms with Crippen molar-refractivity contribution in [3.63, 3.8) is 0 Å². The van der Waals surface area contributed by atoms with Gasteiger partial charge in [0.2, 0.25) is 11.9 Å². The predicted octanol–water partition coefficient (Wildman–Crippen LogP) is 3.33. The minimum atomic E-state index is -0.370. The fraction of sp³-hybridized carbons (Fsp3) is 0.467. The molecule has 3 aromatic rings. The van der Waals surface area contributed by atoms with Crippen LogP contribution in [0, 0.1) is 0 Å². The van der Waals surface area contributed by atoms with Gasteiger partial charge in [-0.05, 0) is 26.6 Å². The van der Waals surface area contributed by atoms with Crippen LogP contribution in [0.2, 0.25) is 10.0 Å². The SMILES string of the molecule is COc1cc(OC)c(Cl)c(-c2cc3cnc(NC4CCOC4)nc3n(CCOC3CN(C(=O)C=CCN(C)C)C3)c2=O)c1Cl. The van der Waals surface area contributed by atoms with E-state index in [0.29, 0.717) is 61.3 Å². The molecular weight excluding hydrogens is 611 g/mol. The smallest absolute Gasteiger partial charge is 0.260 e. The number of likely N-dealkylation sites (N-methyl/N-ethyl adjacent to an activating group) is 1. The lowest BCUT2D eigenvalue weighted by molar-refractivity contribution is -0.139. The third-order valence-electron chi connectivity index (χ3n) is 7.49. The summed E-state index contributed by atoms with van der Waals surface area (Å²) in [6, 6.07) is 3.32. The number of amides is 1. The molecule has 14 heteroatoms. The van der Waals surface area contributed by atoms with Crippen molar-refractivity contribution in [2.24, 2.45) is 0 Å². The van der Waals surface area contributed by atoms with Gasteiger partial charge < -0.3 is 34.1 Å². The maximum atomic E-state index is 14.1. The first-order valence-electron chi connectivity index (χ1n) is 14.3. The van der Waals surface area contributed by atoms with E-state index in [1.807, 2.05) is 25.1 Å². The van der Waals surface area contributed by atoms with Crippen molar-refractivity contribution in [2.75, 3.05) is 73.1 Å². The first-order chi connectivity index (χ1) is 21.2. The molecule has 1 amide bonds. The Kier molecular flexibility index (Phi) is 10.3.